The molecule has 0 saturated heterocycles. The molecule has 0 aromatic carbocycles. The zero-order valence-electron chi connectivity index (χ0n) is 9.93. The number of alkyl halides is 3. The second-order valence-corrected chi connectivity index (χ2v) is 4.94. The van der Waals surface area contributed by atoms with Crippen LogP contribution in [0.4, 0.5) is 13.2 Å². The lowest BCUT2D eigenvalue weighted by Gasteiger charge is -2.32. The second-order valence-electron chi connectivity index (χ2n) is 4.94. The van der Waals surface area contributed by atoms with Crippen LogP contribution in [0, 0.1) is 5.92 Å². The van der Waals surface area contributed by atoms with Gasteiger partial charge in [-0.2, -0.15) is 13.2 Å². The standard InChI is InChI=1S/C11H21F3N2/c1-8(2)5-6-16(9-3-4-9)10(7-15)11(12,13)14/h8-10H,3-7,15H2,1-2H3. The molecule has 0 heterocycles. The number of hydrogen-bond acceptors (Lipinski definition) is 2. The molecular formula is C11H21F3N2. The Morgan fingerprint density at radius 3 is 2.19 bits per heavy atom. The van der Waals surface area contributed by atoms with Crippen LogP contribution in [0.2, 0.25) is 0 Å². The molecule has 2 nitrogen and oxygen atoms in total. The van der Waals surface area contributed by atoms with E-state index in [0.717, 1.165) is 19.3 Å². The van der Waals surface area contributed by atoms with Crippen molar-refractivity contribution in [3.8, 4) is 0 Å². The molecule has 0 aliphatic heterocycles. The summed E-state index contributed by atoms with van der Waals surface area (Å²) in [5.74, 6) is 0.424. The van der Waals surface area contributed by atoms with Gasteiger partial charge in [-0.1, -0.05) is 13.8 Å². The van der Waals surface area contributed by atoms with Gasteiger partial charge in [-0.3, -0.25) is 4.90 Å². The molecule has 96 valence electrons. The predicted molar refractivity (Wildman–Crippen MR) is 58.1 cm³/mol. The highest BCUT2D eigenvalue weighted by molar-refractivity contribution is 4.92. The minimum Gasteiger partial charge on any atom is -0.329 e. The first kappa shape index (κ1) is 13.8. The lowest BCUT2D eigenvalue weighted by Crippen LogP contribution is -2.51. The molecule has 1 fully saturated rings. The SMILES string of the molecule is CC(C)CCN(C1CC1)C(CN)C(F)(F)F. The van der Waals surface area contributed by atoms with E-state index in [4.69, 9.17) is 5.73 Å². The summed E-state index contributed by atoms with van der Waals surface area (Å²) < 4.78 is 38.3. The maximum atomic E-state index is 12.8. The van der Waals surface area contributed by atoms with Gasteiger partial charge < -0.3 is 5.73 Å². The monoisotopic (exact) mass is 238 g/mol. The van der Waals surface area contributed by atoms with Crippen LogP contribution in [-0.2, 0) is 0 Å². The van der Waals surface area contributed by atoms with Crippen LogP contribution in [0.25, 0.3) is 0 Å². The Labute approximate surface area is 95.0 Å². The smallest absolute Gasteiger partial charge is 0.329 e. The first-order valence-corrected chi connectivity index (χ1v) is 5.88. The molecule has 0 amide bonds. The fourth-order valence-corrected chi connectivity index (χ4v) is 1.86. The van der Waals surface area contributed by atoms with Crippen LogP contribution in [0.1, 0.15) is 33.1 Å². The molecule has 1 unspecified atom stereocenters. The maximum absolute atomic E-state index is 12.8. The van der Waals surface area contributed by atoms with Crippen molar-refractivity contribution in [2.45, 2.75) is 51.4 Å². The predicted octanol–water partition coefficient (Wildman–Crippen LogP) is 2.39. The zero-order valence-corrected chi connectivity index (χ0v) is 9.93. The number of nitrogens with zero attached hydrogens (tertiary/aromatic N) is 1. The normalized spacial score (nSPS) is 19.5. The number of halogens is 3. The van der Waals surface area contributed by atoms with E-state index < -0.39 is 12.2 Å². The molecule has 0 radical (unpaired) electrons. The highest BCUT2D eigenvalue weighted by Gasteiger charge is 2.46. The highest BCUT2D eigenvalue weighted by Crippen LogP contribution is 2.34. The van der Waals surface area contributed by atoms with E-state index in [1.807, 2.05) is 13.8 Å². The summed E-state index contributed by atoms with van der Waals surface area (Å²) in [7, 11) is 0. The van der Waals surface area contributed by atoms with Gasteiger partial charge >= 0.3 is 6.18 Å². The van der Waals surface area contributed by atoms with Crippen LogP contribution < -0.4 is 5.73 Å². The van der Waals surface area contributed by atoms with Crippen molar-refractivity contribution in [2.24, 2.45) is 11.7 Å². The van der Waals surface area contributed by atoms with Crippen molar-refractivity contribution in [1.82, 2.24) is 4.90 Å². The zero-order chi connectivity index (χ0) is 12.3. The molecule has 0 aromatic heterocycles. The average Bonchev–Trinajstić information content (AvgIpc) is 2.92. The number of nitrogens with two attached hydrogens (primary N) is 1. The van der Waals surface area contributed by atoms with Gasteiger partial charge in [0.15, 0.2) is 0 Å². The molecule has 1 aliphatic carbocycles. The third kappa shape index (κ3) is 3.94. The van der Waals surface area contributed by atoms with Gasteiger partial charge in [-0.15, -0.1) is 0 Å². The van der Waals surface area contributed by atoms with Gasteiger partial charge in [0.05, 0.1) is 0 Å². The second kappa shape index (κ2) is 5.36. The van der Waals surface area contributed by atoms with Gasteiger partial charge in [0, 0.05) is 12.6 Å². The van der Waals surface area contributed by atoms with Gasteiger partial charge in [0.25, 0.3) is 0 Å². The maximum Gasteiger partial charge on any atom is 0.405 e. The van der Waals surface area contributed by atoms with Crippen LogP contribution in [0.3, 0.4) is 0 Å². The molecule has 1 saturated carbocycles. The minimum atomic E-state index is -4.20. The van der Waals surface area contributed by atoms with Crippen molar-refractivity contribution in [3.05, 3.63) is 0 Å². The first-order valence-electron chi connectivity index (χ1n) is 5.88. The Kier molecular flexibility index (Phi) is 4.62. The lowest BCUT2D eigenvalue weighted by atomic mass is 10.1. The van der Waals surface area contributed by atoms with Crippen molar-refractivity contribution < 1.29 is 13.2 Å². The van der Waals surface area contributed by atoms with Crippen LogP contribution >= 0.6 is 0 Å². The molecular weight excluding hydrogens is 217 g/mol. The fourth-order valence-electron chi connectivity index (χ4n) is 1.86. The van der Waals surface area contributed by atoms with Crippen LogP contribution in [-0.4, -0.2) is 36.2 Å². The molecule has 1 atom stereocenters. The van der Waals surface area contributed by atoms with Crippen molar-refractivity contribution in [1.29, 1.82) is 0 Å². The molecule has 16 heavy (non-hydrogen) atoms. The highest BCUT2D eigenvalue weighted by atomic mass is 19.4. The number of rotatable bonds is 6. The molecule has 0 aromatic rings. The van der Waals surface area contributed by atoms with E-state index in [2.05, 4.69) is 0 Å². The minimum absolute atomic E-state index is 0.105. The van der Waals surface area contributed by atoms with Crippen molar-refractivity contribution in [3.63, 3.8) is 0 Å². The summed E-state index contributed by atoms with van der Waals surface area (Å²) in [6, 6.07) is -1.35. The Morgan fingerprint density at radius 1 is 1.31 bits per heavy atom. The van der Waals surface area contributed by atoms with Crippen LogP contribution in [0.5, 0.6) is 0 Å². The van der Waals surface area contributed by atoms with E-state index >= 15 is 0 Å². The number of hydrogen-bond donors (Lipinski definition) is 1. The van der Waals surface area contributed by atoms with Crippen molar-refractivity contribution >= 4 is 0 Å². The fraction of sp³-hybridized carbons (Fsp3) is 1.00. The topological polar surface area (TPSA) is 29.3 Å². The molecule has 0 spiro atoms. The van der Waals surface area contributed by atoms with Gasteiger partial charge in [-0.25, -0.2) is 0 Å². The van der Waals surface area contributed by atoms with Crippen LogP contribution in [0.15, 0.2) is 0 Å². The largest absolute Gasteiger partial charge is 0.405 e. The summed E-state index contributed by atoms with van der Waals surface area (Å²) in [5.41, 5.74) is 5.27. The Balaban J connectivity index is 2.60. The van der Waals surface area contributed by atoms with Gasteiger partial charge in [0.1, 0.15) is 6.04 Å². The third-order valence-corrected chi connectivity index (χ3v) is 2.98. The summed E-state index contributed by atoms with van der Waals surface area (Å²) >= 11 is 0. The molecule has 5 heteroatoms. The first-order chi connectivity index (χ1) is 7.36. The van der Waals surface area contributed by atoms with Gasteiger partial charge in [0.2, 0.25) is 0 Å². The summed E-state index contributed by atoms with van der Waals surface area (Å²) in [6.07, 6.45) is -1.65. The van der Waals surface area contributed by atoms with Crippen molar-refractivity contribution in [2.75, 3.05) is 13.1 Å². The molecule has 1 rings (SSSR count). The van der Waals surface area contributed by atoms with E-state index in [0.29, 0.717) is 12.5 Å². The van der Waals surface area contributed by atoms with E-state index in [1.54, 1.807) is 4.90 Å². The Hall–Kier alpha value is -0.290. The Bertz CT molecular complexity index is 212. The summed E-state index contributed by atoms with van der Waals surface area (Å²) in [5, 5.41) is 0. The third-order valence-electron chi connectivity index (χ3n) is 2.98. The average molecular weight is 238 g/mol. The molecule has 0 bridgehead atoms. The molecule has 2 N–H and O–H groups in total. The summed E-state index contributed by atoms with van der Waals surface area (Å²) in [6.45, 7) is 4.22. The lowest BCUT2D eigenvalue weighted by molar-refractivity contribution is -0.183. The van der Waals surface area contributed by atoms with E-state index in [1.165, 1.54) is 0 Å². The summed E-state index contributed by atoms with van der Waals surface area (Å²) in [4.78, 5) is 1.56. The van der Waals surface area contributed by atoms with Gasteiger partial charge in [-0.05, 0) is 31.7 Å². The van der Waals surface area contributed by atoms with E-state index in [-0.39, 0.29) is 12.6 Å². The van der Waals surface area contributed by atoms with E-state index in [9.17, 15) is 13.2 Å². The Morgan fingerprint density at radius 2 is 1.88 bits per heavy atom. The quantitative estimate of drug-likeness (QED) is 0.770. The molecule has 1 aliphatic rings.